The van der Waals surface area contributed by atoms with Crippen LogP contribution in [0, 0.1) is 0 Å². The second-order valence-corrected chi connectivity index (χ2v) is 33.2. The van der Waals surface area contributed by atoms with Gasteiger partial charge in [0.25, 0.3) is 0 Å². The monoisotopic (exact) mass is 1820 g/mol. The van der Waals surface area contributed by atoms with Crippen molar-refractivity contribution in [1.29, 1.82) is 0 Å². The number of hydrogen-bond acceptors (Lipinski definition) is 52. The predicted octanol–water partition coefficient (Wildman–Crippen LogP) is -17.9. The normalized spacial score (nSPS) is 55.0. The van der Waals surface area contributed by atoms with Gasteiger partial charge in [-0.3, -0.25) is 0 Å². The van der Waals surface area contributed by atoms with Crippen molar-refractivity contribution in [1.82, 2.24) is 0 Å². The minimum Gasteiger partial charge on any atom is -0.394 e. The zero-order valence-corrected chi connectivity index (χ0v) is 67.6. The first-order valence-electron chi connectivity index (χ1n) is 41.0. The molecule has 0 aromatic rings. The summed E-state index contributed by atoms with van der Waals surface area (Å²) in [7, 11) is 0. The highest BCUT2D eigenvalue weighted by atomic mass is 16.8. The Labute approximate surface area is 705 Å². The Morgan fingerprint density at radius 1 is 0.169 bits per heavy atom. The van der Waals surface area contributed by atoms with Gasteiger partial charge in [0, 0.05) is 19.3 Å². The standard InChI is InChI=1S/C72H122O52/c1-16-22(79)7-25(82)62(103-16)118-54-37(88)31(13-76)111-70(58(54)122-67-46(97)40(91)34(85)28(10-73)108-67)115-51-20(5)106-65(47(98)43(51)94)117-53-36(87)30(12-75)109-68(49(53)100)123-59-55(119-63-26(83)8-23(80)17(2)104-63)38(89)32(14-77)112-71(59)116-52-21(6)107-66(48(99)44(52)95)121-57-41(92)35(86)29(11-74)110-69(57)124-60-56(120-64-27(84)9-24(81)18(3)105-64)39(90)33(15-78)113-72(60)114-50-19(4)102-61(101)45(96)42(50)93/h16-101H,7-15H2,1-6H3/t16-,17-,18-,19+,20+,21+,22+,23+,24+,25+,26+,27+,28-,29-,30-,31-,32-,33-,34+,35+,36+,37-,38-,39-,40+,41+,42+,43+,44+,45-,46-,47-,48-,49-,50+,51+,52+,53+,54+,55+,56+,57-,58+,59+,60+,61?,62-,63-,64-,65+,66+,67-,68-,69-,70-,71-,72-/m1/s1. The second-order valence-electron chi connectivity index (χ2n) is 33.2. The van der Waals surface area contributed by atoms with E-state index in [1.54, 1.807) is 0 Å². The van der Waals surface area contributed by atoms with E-state index in [4.69, 9.17) is 109 Å². The van der Waals surface area contributed by atoms with Gasteiger partial charge >= 0.3 is 0 Å². The Morgan fingerprint density at radius 2 is 0.387 bits per heavy atom. The van der Waals surface area contributed by atoms with E-state index in [0.29, 0.717) is 0 Å². The molecule has 0 saturated carbocycles. The van der Waals surface area contributed by atoms with E-state index in [1.807, 2.05) is 0 Å². The van der Waals surface area contributed by atoms with Crippen LogP contribution in [0.2, 0.25) is 0 Å². The summed E-state index contributed by atoms with van der Waals surface area (Å²) in [5.74, 6) is 0. The molecule has 12 fully saturated rings. The van der Waals surface area contributed by atoms with Crippen LogP contribution in [-0.4, -0.2) is 538 Å². The molecular weight excluding hydrogens is 1700 g/mol. The molecule has 52 heteroatoms. The van der Waals surface area contributed by atoms with Gasteiger partial charge in [-0.1, -0.05) is 0 Å². The molecule has 12 saturated heterocycles. The van der Waals surface area contributed by atoms with Crippen LogP contribution < -0.4 is 0 Å². The summed E-state index contributed by atoms with van der Waals surface area (Å²) in [4.78, 5) is 0. The predicted molar refractivity (Wildman–Crippen MR) is 382 cm³/mol. The Hall–Kier alpha value is -2.08. The van der Waals surface area contributed by atoms with Gasteiger partial charge in [0.15, 0.2) is 75.5 Å². The molecule has 12 aliphatic heterocycles. The minimum atomic E-state index is -2.43. The van der Waals surface area contributed by atoms with Crippen molar-refractivity contribution in [3.63, 3.8) is 0 Å². The Balaban J connectivity index is 0.795. The molecule has 0 spiro atoms. The third-order valence-electron chi connectivity index (χ3n) is 24.5. The first-order chi connectivity index (χ1) is 58.7. The molecule has 12 aliphatic rings. The summed E-state index contributed by atoms with van der Waals surface area (Å²) in [6.07, 6.45) is -110. The fraction of sp³-hybridized carbons (Fsp3) is 1.00. The van der Waals surface area contributed by atoms with Crippen LogP contribution in [0.4, 0.5) is 0 Å². The highest BCUT2D eigenvalue weighted by Crippen LogP contribution is 2.44. The van der Waals surface area contributed by atoms with E-state index >= 15 is 0 Å². The van der Waals surface area contributed by atoms with Crippen molar-refractivity contribution in [2.45, 2.75) is 411 Å². The SMILES string of the molecule is C[C@@H]1OC(O)[C@H](O)[C@H](O)[C@H]1O[C@H]1O[C@H](CO)[C@@H](O)[C@H](O[C@H]2O[C@H](C)[C@@H](O)C[C@@H]2O)[C@@H]1O[C@H]1O[C@H](CO)[C@H](O)[C@H](O)[C@H]1O[C@@H]1O[C@@H](C)[C@H](O[C@H]2O[C@H](CO)[C@@H](O)[C@H](O[C@H]3O[C@H](C)[C@@H](O)C[C@@H]3O)[C@@H]2O[C@H]2O[C@H](CO)[C@H](O)[C@H](O[C@@H]3O[C@@H](C)[C@H](O[C@H]4O[C@H](CO)[C@@H](O)[C@H](O[C@H]5O[C@H](C)[C@@H](O)C[C@@H]5O)[C@@H]4O[C@H]4O[C@H](CO)[C@H](O)[C@H](O)[C@H]4O)[C@@H](O)[C@H]3O)[C@H]2O)[C@@H](O)[C@H]1O. The number of ether oxygens (including phenoxy) is 23. The van der Waals surface area contributed by atoms with E-state index in [9.17, 15) is 148 Å². The third kappa shape index (κ3) is 21.3. The highest BCUT2D eigenvalue weighted by molar-refractivity contribution is 5.04. The molecule has 0 aromatic carbocycles. The van der Waals surface area contributed by atoms with Gasteiger partial charge < -0.3 is 257 Å². The molecule has 1 unspecified atom stereocenters. The lowest BCUT2D eigenvalue weighted by atomic mass is 9.95. The summed E-state index contributed by atoms with van der Waals surface area (Å²) in [6.45, 7) is 1.60. The van der Waals surface area contributed by atoms with Crippen LogP contribution in [0.25, 0.3) is 0 Å². The molecule has 12 heterocycles. The van der Waals surface area contributed by atoms with Gasteiger partial charge in [-0.05, 0) is 41.5 Å². The molecule has 722 valence electrons. The molecule has 0 amide bonds. The molecule has 52 nitrogen and oxygen atoms in total. The average Bonchev–Trinajstić information content (AvgIpc) is 0.765. The van der Waals surface area contributed by atoms with Gasteiger partial charge in [-0.15, -0.1) is 0 Å². The van der Waals surface area contributed by atoms with Gasteiger partial charge in [0.1, 0.15) is 220 Å². The Kier molecular flexibility index (Phi) is 35.1. The molecule has 0 radical (unpaired) electrons. The van der Waals surface area contributed by atoms with Crippen molar-refractivity contribution in [2.75, 3.05) is 39.6 Å². The zero-order chi connectivity index (χ0) is 90.5. The van der Waals surface area contributed by atoms with Crippen molar-refractivity contribution in [3.8, 4) is 0 Å². The van der Waals surface area contributed by atoms with Crippen molar-refractivity contribution >= 4 is 0 Å². The Morgan fingerprint density at radius 3 is 0.734 bits per heavy atom. The number of aliphatic hydroxyl groups is 29. The van der Waals surface area contributed by atoms with Crippen LogP contribution in [0.1, 0.15) is 60.8 Å². The maximum Gasteiger partial charge on any atom is 0.187 e. The molecule has 0 bridgehead atoms. The molecule has 12 rings (SSSR count). The van der Waals surface area contributed by atoms with Crippen molar-refractivity contribution < 1.29 is 257 Å². The molecular formula is C72H122O52. The van der Waals surface area contributed by atoms with Crippen LogP contribution >= 0.6 is 0 Å². The van der Waals surface area contributed by atoms with E-state index < -0.39 is 396 Å². The number of hydrogen-bond donors (Lipinski definition) is 29. The second kappa shape index (κ2) is 43.1. The smallest absolute Gasteiger partial charge is 0.187 e. The maximum absolute atomic E-state index is 12.4. The summed E-state index contributed by atoms with van der Waals surface area (Å²) in [5, 5.41) is 325. The summed E-state index contributed by atoms with van der Waals surface area (Å²) in [6, 6.07) is 0. The molecule has 29 N–H and O–H groups in total. The lowest BCUT2D eigenvalue weighted by molar-refractivity contribution is -0.419. The van der Waals surface area contributed by atoms with Gasteiger partial charge in [0.05, 0.1) is 94.6 Å². The Bertz CT molecular complexity index is 3230. The first kappa shape index (κ1) is 101. The van der Waals surface area contributed by atoms with E-state index in [1.165, 1.54) is 41.5 Å². The van der Waals surface area contributed by atoms with Gasteiger partial charge in [0.2, 0.25) is 0 Å². The molecule has 0 aliphatic carbocycles. The van der Waals surface area contributed by atoms with Crippen LogP contribution in [-0.2, 0) is 109 Å². The lowest BCUT2D eigenvalue weighted by Crippen LogP contribution is -2.69. The number of rotatable bonds is 28. The summed E-state index contributed by atoms with van der Waals surface area (Å²) >= 11 is 0. The van der Waals surface area contributed by atoms with Crippen molar-refractivity contribution in [2.24, 2.45) is 0 Å². The molecule has 124 heavy (non-hydrogen) atoms. The van der Waals surface area contributed by atoms with E-state index in [2.05, 4.69) is 0 Å². The highest BCUT2D eigenvalue weighted by Gasteiger charge is 2.63. The quantitative estimate of drug-likeness (QED) is 0.0346. The van der Waals surface area contributed by atoms with Gasteiger partial charge in [-0.25, -0.2) is 0 Å². The lowest BCUT2D eigenvalue weighted by Gasteiger charge is -2.52. The summed E-state index contributed by atoms with van der Waals surface area (Å²) < 4.78 is 139. The fourth-order valence-electron chi connectivity index (χ4n) is 16.9. The van der Waals surface area contributed by atoms with Crippen LogP contribution in [0.15, 0.2) is 0 Å². The minimum absolute atomic E-state index is 0.329. The van der Waals surface area contributed by atoms with Crippen LogP contribution in [0.5, 0.6) is 0 Å². The van der Waals surface area contributed by atoms with Gasteiger partial charge in [-0.2, -0.15) is 0 Å². The topological polar surface area (TPSA) is 799 Å². The number of aliphatic hydroxyl groups excluding tert-OH is 29. The summed E-state index contributed by atoms with van der Waals surface area (Å²) in [5.41, 5.74) is 0. The zero-order valence-electron chi connectivity index (χ0n) is 67.6. The first-order valence-corrected chi connectivity index (χ1v) is 41.0. The largest absolute Gasteiger partial charge is 0.394 e. The van der Waals surface area contributed by atoms with Crippen LogP contribution in [0.3, 0.4) is 0 Å². The van der Waals surface area contributed by atoms with E-state index in [0.717, 1.165) is 0 Å². The maximum atomic E-state index is 12.4. The van der Waals surface area contributed by atoms with Crippen molar-refractivity contribution in [3.05, 3.63) is 0 Å². The fourth-order valence-corrected chi connectivity index (χ4v) is 16.9. The third-order valence-corrected chi connectivity index (χ3v) is 24.5. The molecule has 0 aromatic heterocycles. The molecule has 57 atom stereocenters. The van der Waals surface area contributed by atoms with E-state index in [-0.39, 0.29) is 12.8 Å². The average molecular weight is 1820 g/mol.